The molecule has 1 aliphatic rings. The molecule has 0 atom stereocenters. The van der Waals surface area contributed by atoms with E-state index in [-0.39, 0.29) is 28.2 Å². The van der Waals surface area contributed by atoms with E-state index in [0.717, 1.165) is 46.5 Å². The molecule has 0 saturated heterocycles. The zero-order valence-electron chi connectivity index (χ0n) is 21.4. The smallest absolute Gasteiger partial charge is 0.333 e. The molecule has 204 valence electrons. The summed E-state index contributed by atoms with van der Waals surface area (Å²) in [6, 6.07) is 16.7. The number of alkyl halides is 2. The second-order valence-electron chi connectivity index (χ2n) is 10.2. The molecule has 1 saturated carbocycles. The highest BCUT2D eigenvalue weighted by Gasteiger charge is 2.27. The molecule has 1 aliphatic carbocycles. The van der Waals surface area contributed by atoms with Gasteiger partial charge in [-0.25, -0.2) is 13.6 Å². The van der Waals surface area contributed by atoms with Gasteiger partial charge in [0.1, 0.15) is 5.69 Å². The molecule has 7 nitrogen and oxygen atoms in total. The van der Waals surface area contributed by atoms with Gasteiger partial charge in [0.15, 0.2) is 0 Å². The number of imidazole rings is 1. The first kappa shape index (κ1) is 26.1. The number of rotatable bonds is 6. The largest absolute Gasteiger partial charge is 0.349 e. The highest BCUT2D eigenvalue weighted by atomic mass is 35.5. The van der Waals surface area contributed by atoms with Crippen molar-refractivity contribution in [3.63, 3.8) is 0 Å². The van der Waals surface area contributed by atoms with Crippen LogP contribution in [0.1, 0.15) is 48.2 Å². The van der Waals surface area contributed by atoms with E-state index in [2.05, 4.69) is 15.3 Å². The summed E-state index contributed by atoms with van der Waals surface area (Å²) in [5, 5.41) is 5.01. The molecule has 40 heavy (non-hydrogen) atoms. The lowest BCUT2D eigenvalue weighted by Crippen LogP contribution is -2.39. The van der Waals surface area contributed by atoms with E-state index in [1.54, 1.807) is 17.0 Å². The number of hydrogen-bond donors (Lipinski definition) is 1. The molecule has 5 aromatic rings. The van der Waals surface area contributed by atoms with Gasteiger partial charge in [-0.15, -0.1) is 0 Å². The van der Waals surface area contributed by atoms with Crippen LogP contribution >= 0.6 is 11.6 Å². The Labute approximate surface area is 233 Å². The molecule has 0 bridgehead atoms. The maximum atomic E-state index is 13.8. The van der Waals surface area contributed by atoms with Crippen LogP contribution in [-0.4, -0.2) is 31.1 Å². The topological polar surface area (TPSA) is 81.8 Å². The Morgan fingerprint density at radius 3 is 2.55 bits per heavy atom. The van der Waals surface area contributed by atoms with Crippen LogP contribution in [0, 0.1) is 5.92 Å². The van der Waals surface area contributed by atoms with E-state index in [1.165, 1.54) is 6.07 Å². The second kappa shape index (κ2) is 10.8. The van der Waals surface area contributed by atoms with E-state index in [1.807, 2.05) is 53.1 Å². The van der Waals surface area contributed by atoms with Crippen molar-refractivity contribution in [2.45, 2.75) is 44.7 Å². The number of pyridine rings is 2. The Balaban J connectivity index is 1.19. The standard InChI is InChI=1S/C30H26ClF2N5O2/c31-21-14-24(27(28(32)33)35-16-21)29(39)36-22-8-5-18(6-9-22)17-37-25-3-1-2-4-26(25)38(30(37)40)23-10-7-20-15-34-12-11-19(20)13-23/h1-4,7,10-16,18,22,28H,5-6,8-9,17H2,(H,36,39). The number of fused-ring (bicyclic) bond motifs is 2. The van der Waals surface area contributed by atoms with Crippen molar-refractivity contribution in [1.82, 2.24) is 24.4 Å². The third kappa shape index (κ3) is 4.97. The van der Waals surface area contributed by atoms with Gasteiger partial charge in [-0.1, -0.05) is 29.8 Å². The third-order valence-electron chi connectivity index (χ3n) is 7.68. The molecule has 1 fully saturated rings. The van der Waals surface area contributed by atoms with Crippen molar-refractivity contribution in [2.24, 2.45) is 5.92 Å². The Bertz CT molecular complexity index is 1780. The fourth-order valence-electron chi connectivity index (χ4n) is 5.66. The Kier molecular flexibility index (Phi) is 7.06. The summed E-state index contributed by atoms with van der Waals surface area (Å²) in [6.07, 6.45) is 4.71. The molecule has 2 aromatic carbocycles. The molecule has 6 rings (SSSR count). The predicted octanol–water partition coefficient (Wildman–Crippen LogP) is 6.32. The number of carbonyl (C=O) groups is 1. The van der Waals surface area contributed by atoms with Crippen molar-refractivity contribution in [3.05, 3.63) is 100.0 Å². The zero-order chi connectivity index (χ0) is 27.8. The van der Waals surface area contributed by atoms with Gasteiger partial charge in [0.25, 0.3) is 12.3 Å². The SMILES string of the molecule is O=C(NC1CCC(Cn2c(=O)n(-c3ccc4cnccc4c3)c3ccccc32)CC1)c1cc(Cl)cnc1C(F)F. The Morgan fingerprint density at radius 1 is 1.00 bits per heavy atom. The van der Waals surface area contributed by atoms with Crippen molar-refractivity contribution in [2.75, 3.05) is 0 Å². The van der Waals surface area contributed by atoms with Gasteiger partial charge in [-0.05, 0) is 73.4 Å². The summed E-state index contributed by atoms with van der Waals surface area (Å²) in [5.41, 5.74) is 1.63. The monoisotopic (exact) mass is 561 g/mol. The van der Waals surface area contributed by atoms with Crippen molar-refractivity contribution in [3.8, 4) is 5.69 Å². The van der Waals surface area contributed by atoms with Gasteiger partial charge >= 0.3 is 5.69 Å². The lowest BCUT2D eigenvalue weighted by atomic mass is 9.85. The van der Waals surface area contributed by atoms with Crippen LogP contribution in [0.5, 0.6) is 0 Å². The normalized spacial score (nSPS) is 17.5. The highest BCUT2D eigenvalue weighted by Crippen LogP contribution is 2.29. The van der Waals surface area contributed by atoms with Crippen LogP contribution in [0.4, 0.5) is 8.78 Å². The molecule has 0 radical (unpaired) electrons. The highest BCUT2D eigenvalue weighted by molar-refractivity contribution is 6.30. The van der Waals surface area contributed by atoms with E-state index < -0.39 is 18.0 Å². The van der Waals surface area contributed by atoms with Crippen LogP contribution < -0.4 is 11.0 Å². The van der Waals surface area contributed by atoms with Gasteiger partial charge in [0.05, 0.1) is 27.3 Å². The molecule has 10 heteroatoms. The van der Waals surface area contributed by atoms with Crippen LogP contribution in [0.25, 0.3) is 27.5 Å². The molecule has 0 unspecified atom stereocenters. The molecule has 0 spiro atoms. The lowest BCUT2D eigenvalue weighted by molar-refractivity contribution is 0.0904. The number of amides is 1. The van der Waals surface area contributed by atoms with Gasteiger partial charge in [-0.3, -0.25) is 23.9 Å². The number of para-hydroxylation sites is 2. The minimum absolute atomic E-state index is 0.0991. The lowest BCUT2D eigenvalue weighted by Gasteiger charge is -2.29. The van der Waals surface area contributed by atoms with Crippen molar-refractivity contribution < 1.29 is 13.6 Å². The number of nitrogens with zero attached hydrogens (tertiary/aromatic N) is 4. The molecule has 3 aromatic heterocycles. The average Bonchev–Trinajstić information content (AvgIpc) is 3.24. The molecular formula is C30H26ClF2N5O2. The van der Waals surface area contributed by atoms with Gasteiger partial charge in [-0.2, -0.15) is 0 Å². The molecular weight excluding hydrogens is 536 g/mol. The molecule has 0 aliphatic heterocycles. The second-order valence-corrected chi connectivity index (χ2v) is 10.6. The summed E-state index contributed by atoms with van der Waals surface area (Å²) in [6.45, 7) is 0.554. The first-order valence-corrected chi connectivity index (χ1v) is 13.6. The summed E-state index contributed by atoms with van der Waals surface area (Å²) in [5.74, 6) is -0.364. The fraction of sp³-hybridized carbons (Fsp3) is 0.267. The van der Waals surface area contributed by atoms with Crippen LogP contribution in [-0.2, 0) is 6.54 Å². The Hall–Kier alpha value is -4.11. The van der Waals surface area contributed by atoms with E-state index in [9.17, 15) is 18.4 Å². The van der Waals surface area contributed by atoms with Gasteiger partial charge in [0, 0.05) is 36.6 Å². The van der Waals surface area contributed by atoms with Crippen molar-refractivity contribution in [1.29, 1.82) is 0 Å². The average molecular weight is 562 g/mol. The third-order valence-corrected chi connectivity index (χ3v) is 7.88. The Morgan fingerprint density at radius 2 is 1.77 bits per heavy atom. The first-order valence-electron chi connectivity index (χ1n) is 13.2. The predicted molar refractivity (Wildman–Crippen MR) is 150 cm³/mol. The fourth-order valence-corrected chi connectivity index (χ4v) is 5.82. The van der Waals surface area contributed by atoms with Gasteiger partial charge in [0.2, 0.25) is 0 Å². The van der Waals surface area contributed by atoms with E-state index in [4.69, 9.17) is 11.6 Å². The minimum atomic E-state index is -2.87. The number of nitrogens with one attached hydrogen (secondary N) is 1. The quantitative estimate of drug-likeness (QED) is 0.263. The van der Waals surface area contributed by atoms with Crippen LogP contribution in [0.3, 0.4) is 0 Å². The summed E-state index contributed by atoms with van der Waals surface area (Å²) >= 11 is 5.91. The number of hydrogen-bond acceptors (Lipinski definition) is 4. The maximum Gasteiger partial charge on any atom is 0.333 e. The number of carbonyl (C=O) groups excluding carboxylic acids is 1. The minimum Gasteiger partial charge on any atom is -0.349 e. The summed E-state index contributed by atoms with van der Waals surface area (Å²) in [4.78, 5) is 34.3. The number of benzene rings is 2. The van der Waals surface area contributed by atoms with E-state index in [0.29, 0.717) is 19.4 Å². The van der Waals surface area contributed by atoms with Crippen LogP contribution in [0.2, 0.25) is 5.02 Å². The van der Waals surface area contributed by atoms with E-state index >= 15 is 0 Å². The van der Waals surface area contributed by atoms with Gasteiger partial charge < -0.3 is 5.32 Å². The first-order chi connectivity index (χ1) is 19.4. The molecule has 1 amide bonds. The number of aromatic nitrogens is 4. The number of halogens is 3. The molecule has 3 heterocycles. The van der Waals surface area contributed by atoms with Crippen molar-refractivity contribution >= 4 is 39.3 Å². The summed E-state index contributed by atoms with van der Waals surface area (Å²) < 4.78 is 30.3. The summed E-state index contributed by atoms with van der Waals surface area (Å²) in [7, 11) is 0. The van der Waals surface area contributed by atoms with Crippen LogP contribution in [0.15, 0.2) is 78.0 Å². The molecule has 1 N–H and O–H groups in total. The zero-order valence-corrected chi connectivity index (χ0v) is 22.2. The maximum absolute atomic E-state index is 13.8.